The zero-order valence-electron chi connectivity index (χ0n) is 6.26. The average molecular weight is 199 g/mol. The van der Waals surface area contributed by atoms with Crippen molar-refractivity contribution in [1.82, 2.24) is 0 Å². The van der Waals surface area contributed by atoms with E-state index in [4.69, 9.17) is 0 Å². The quantitative estimate of drug-likeness (QED) is 0.525. The summed E-state index contributed by atoms with van der Waals surface area (Å²) in [5.74, 6) is 0. The van der Waals surface area contributed by atoms with E-state index in [1.165, 1.54) is 11.1 Å². The number of halogens is 1. The van der Waals surface area contributed by atoms with Crippen LogP contribution in [-0.4, -0.2) is 4.83 Å². The molecule has 0 atom stereocenters. The fourth-order valence-corrected chi connectivity index (χ4v) is 1.10. The summed E-state index contributed by atoms with van der Waals surface area (Å²) in [5.41, 5.74) is 2.69. The molecule has 0 spiro atoms. The Morgan fingerprint density at radius 2 is 1.50 bits per heavy atom. The fraction of sp³-hybridized carbons (Fsp3) is 0.333. The Balaban J connectivity index is 2.91. The molecule has 0 aromatic carbocycles. The van der Waals surface area contributed by atoms with Gasteiger partial charge < -0.3 is 0 Å². The van der Waals surface area contributed by atoms with E-state index < -0.39 is 0 Å². The maximum absolute atomic E-state index is 3.49. The molecule has 0 N–H and O–H groups in total. The zero-order valence-corrected chi connectivity index (χ0v) is 7.85. The molecule has 0 fully saturated rings. The van der Waals surface area contributed by atoms with Gasteiger partial charge >= 0.3 is 0 Å². The van der Waals surface area contributed by atoms with Crippen molar-refractivity contribution in [3.8, 4) is 0 Å². The highest BCUT2D eigenvalue weighted by Crippen LogP contribution is 2.15. The summed E-state index contributed by atoms with van der Waals surface area (Å²) in [6.45, 7) is 4.25. The average Bonchev–Trinajstić information content (AvgIpc) is 2.04. The molecule has 54 valence electrons. The highest BCUT2D eigenvalue weighted by Gasteiger charge is 1.97. The summed E-state index contributed by atoms with van der Waals surface area (Å²) >= 11 is 3.49. The molecular weight excluding hydrogens is 188 g/mol. The maximum atomic E-state index is 3.49. The van der Waals surface area contributed by atoms with Crippen LogP contribution in [0.15, 0.2) is 35.5 Å². The molecule has 0 aromatic heterocycles. The summed E-state index contributed by atoms with van der Waals surface area (Å²) in [4.78, 5) is 0.403. The van der Waals surface area contributed by atoms with Gasteiger partial charge in [-0.25, -0.2) is 0 Å². The van der Waals surface area contributed by atoms with Crippen molar-refractivity contribution in [1.29, 1.82) is 0 Å². The van der Waals surface area contributed by atoms with Crippen LogP contribution in [0.3, 0.4) is 0 Å². The van der Waals surface area contributed by atoms with Crippen LogP contribution in [0.5, 0.6) is 0 Å². The number of hydrogen-bond donors (Lipinski definition) is 0. The molecule has 1 heteroatoms. The molecule has 0 bridgehead atoms. The summed E-state index contributed by atoms with van der Waals surface area (Å²) in [7, 11) is 0. The van der Waals surface area contributed by atoms with Gasteiger partial charge in [-0.15, -0.1) is 0 Å². The lowest BCUT2D eigenvalue weighted by Gasteiger charge is -1.92. The third-order valence-corrected chi connectivity index (χ3v) is 2.29. The second-order valence-electron chi connectivity index (χ2n) is 2.53. The van der Waals surface area contributed by atoms with Crippen LogP contribution in [0.25, 0.3) is 0 Å². The molecule has 0 heterocycles. The van der Waals surface area contributed by atoms with Gasteiger partial charge in [0.25, 0.3) is 0 Å². The van der Waals surface area contributed by atoms with Crippen molar-refractivity contribution >= 4 is 15.9 Å². The Bertz CT molecular complexity index is 187. The van der Waals surface area contributed by atoms with Crippen molar-refractivity contribution in [2.75, 3.05) is 0 Å². The van der Waals surface area contributed by atoms with Crippen molar-refractivity contribution < 1.29 is 0 Å². The van der Waals surface area contributed by atoms with E-state index in [0.717, 1.165) is 0 Å². The summed E-state index contributed by atoms with van der Waals surface area (Å²) in [6.07, 6.45) is 8.58. The third-order valence-electron chi connectivity index (χ3n) is 1.68. The number of allylic oxidation sites excluding steroid dienone is 6. The van der Waals surface area contributed by atoms with Crippen LogP contribution in [0.4, 0.5) is 0 Å². The van der Waals surface area contributed by atoms with Gasteiger partial charge in [-0.2, -0.15) is 0 Å². The van der Waals surface area contributed by atoms with Gasteiger partial charge in [0.2, 0.25) is 0 Å². The monoisotopic (exact) mass is 198 g/mol. The van der Waals surface area contributed by atoms with Gasteiger partial charge in [0.1, 0.15) is 0 Å². The Morgan fingerprint density at radius 1 is 1.10 bits per heavy atom. The Morgan fingerprint density at radius 3 is 1.90 bits per heavy atom. The van der Waals surface area contributed by atoms with E-state index in [-0.39, 0.29) is 0 Å². The molecular formula is C9H11Br. The third kappa shape index (κ3) is 1.84. The first-order valence-electron chi connectivity index (χ1n) is 3.38. The van der Waals surface area contributed by atoms with E-state index in [0.29, 0.717) is 4.83 Å². The Hall–Kier alpha value is -0.300. The predicted molar refractivity (Wildman–Crippen MR) is 49.4 cm³/mol. The molecule has 10 heavy (non-hydrogen) atoms. The topological polar surface area (TPSA) is 0 Å². The van der Waals surface area contributed by atoms with Crippen molar-refractivity contribution in [3.05, 3.63) is 35.5 Å². The molecule has 0 nitrogen and oxygen atoms in total. The second-order valence-corrected chi connectivity index (χ2v) is 3.59. The van der Waals surface area contributed by atoms with Gasteiger partial charge in [0.15, 0.2) is 0 Å². The maximum Gasteiger partial charge on any atom is 0.0512 e. The van der Waals surface area contributed by atoms with E-state index >= 15 is 0 Å². The molecule has 1 aliphatic carbocycles. The number of hydrogen-bond acceptors (Lipinski definition) is 0. The van der Waals surface area contributed by atoms with Crippen LogP contribution in [-0.2, 0) is 0 Å². The molecule has 0 aromatic rings. The Kier molecular flexibility index (Phi) is 2.50. The first-order valence-corrected chi connectivity index (χ1v) is 4.29. The molecule has 1 aliphatic rings. The highest BCUT2D eigenvalue weighted by atomic mass is 79.9. The molecule has 0 unspecified atom stereocenters. The Labute approximate surface area is 70.5 Å². The zero-order chi connectivity index (χ0) is 7.56. The van der Waals surface area contributed by atoms with E-state index in [1.807, 2.05) is 0 Å². The molecule has 0 saturated carbocycles. The van der Waals surface area contributed by atoms with Crippen molar-refractivity contribution in [2.45, 2.75) is 18.7 Å². The smallest absolute Gasteiger partial charge is 0.0512 e. The summed E-state index contributed by atoms with van der Waals surface area (Å²) in [5, 5.41) is 0. The summed E-state index contributed by atoms with van der Waals surface area (Å²) in [6, 6.07) is 0. The highest BCUT2D eigenvalue weighted by molar-refractivity contribution is 9.09. The lowest BCUT2D eigenvalue weighted by Crippen LogP contribution is -1.81. The minimum absolute atomic E-state index is 0.403. The molecule has 1 rings (SSSR count). The largest absolute Gasteiger partial charge is 0.0799 e. The predicted octanol–water partition coefficient (Wildman–Crippen LogP) is 3.21. The minimum Gasteiger partial charge on any atom is -0.0799 e. The summed E-state index contributed by atoms with van der Waals surface area (Å²) < 4.78 is 0. The molecule has 0 aliphatic heterocycles. The van der Waals surface area contributed by atoms with E-state index in [9.17, 15) is 0 Å². The SMILES string of the molecule is CC1=C(C)C=CC(Br)C=C1. The van der Waals surface area contributed by atoms with Crippen LogP contribution in [0.2, 0.25) is 0 Å². The second kappa shape index (κ2) is 3.20. The lowest BCUT2D eigenvalue weighted by molar-refractivity contribution is 1.39. The first-order chi connectivity index (χ1) is 4.70. The van der Waals surface area contributed by atoms with Gasteiger partial charge in [0.05, 0.1) is 4.83 Å². The number of alkyl halides is 1. The van der Waals surface area contributed by atoms with Crippen LogP contribution < -0.4 is 0 Å². The standard InChI is InChI=1S/C9H11Br/c1-7-3-5-9(10)6-4-8(7)2/h3-6,9H,1-2H3. The first kappa shape index (κ1) is 7.80. The minimum atomic E-state index is 0.403. The van der Waals surface area contributed by atoms with Gasteiger partial charge in [-0.1, -0.05) is 40.2 Å². The van der Waals surface area contributed by atoms with Gasteiger partial charge in [-0.3, -0.25) is 0 Å². The normalized spacial score (nSPS) is 19.9. The molecule has 0 amide bonds. The van der Waals surface area contributed by atoms with Crippen LogP contribution in [0.1, 0.15) is 13.8 Å². The van der Waals surface area contributed by atoms with Crippen molar-refractivity contribution in [2.24, 2.45) is 0 Å². The number of rotatable bonds is 0. The van der Waals surface area contributed by atoms with Crippen LogP contribution >= 0.6 is 15.9 Å². The molecule has 0 saturated heterocycles. The van der Waals surface area contributed by atoms with Crippen molar-refractivity contribution in [3.63, 3.8) is 0 Å². The van der Waals surface area contributed by atoms with E-state index in [1.54, 1.807) is 0 Å². The van der Waals surface area contributed by atoms with Gasteiger partial charge in [0, 0.05) is 0 Å². The van der Waals surface area contributed by atoms with Crippen LogP contribution in [0, 0.1) is 0 Å². The lowest BCUT2D eigenvalue weighted by atomic mass is 10.1. The van der Waals surface area contributed by atoms with E-state index in [2.05, 4.69) is 54.1 Å². The van der Waals surface area contributed by atoms with Gasteiger partial charge in [-0.05, 0) is 25.0 Å². The molecule has 0 radical (unpaired) electrons. The fourth-order valence-electron chi connectivity index (χ4n) is 0.800.